The fourth-order valence-electron chi connectivity index (χ4n) is 2.41. The summed E-state index contributed by atoms with van der Waals surface area (Å²) >= 11 is 1.22. The molecule has 2 aromatic rings. The molecule has 0 aliphatic carbocycles. The number of hydrogen-bond donors (Lipinski definition) is 2. The van der Waals surface area contributed by atoms with E-state index in [0.29, 0.717) is 23.9 Å². The lowest BCUT2D eigenvalue weighted by molar-refractivity contribution is -0.113. The number of nitrogens with one attached hydrogen (secondary N) is 2. The number of carbonyl (C=O) groups excluding carboxylic acids is 1. The molecule has 0 atom stereocenters. The van der Waals surface area contributed by atoms with Crippen LogP contribution in [-0.2, 0) is 14.8 Å². The van der Waals surface area contributed by atoms with E-state index in [0.717, 1.165) is 12.8 Å². The van der Waals surface area contributed by atoms with Crippen LogP contribution < -0.4 is 5.32 Å². The minimum Gasteiger partial charge on any atom is -0.325 e. The quantitative estimate of drug-likeness (QED) is 0.746. The number of carbonyl (C=O) groups is 1. The maximum Gasteiger partial charge on any atom is 0.243 e. The number of hydrogen-bond acceptors (Lipinski definition) is 6. The van der Waals surface area contributed by atoms with Gasteiger partial charge in [-0.25, -0.2) is 13.4 Å². The van der Waals surface area contributed by atoms with Crippen molar-refractivity contribution in [3.05, 3.63) is 30.6 Å². The topological polar surface area (TPSA) is 108 Å². The van der Waals surface area contributed by atoms with E-state index < -0.39 is 10.0 Å². The smallest absolute Gasteiger partial charge is 0.243 e. The fraction of sp³-hybridized carbons (Fsp3) is 0.357. The molecule has 2 N–H and O–H groups in total. The van der Waals surface area contributed by atoms with Gasteiger partial charge in [0.2, 0.25) is 15.9 Å². The Hall–Kier alpha value is -1.91. The number of amides is 1. The molecule has 10 heteroatoms. The van der Waals surface area contributed by atoms with Crippen LogP contribution in [0.1, 0.15) is 12.8 Å². The van der Waals surface area contributed by atoms with E-state index in [1.165, 1.54) is 28.5 Å². The maximum absolute atomic E-state index is 12.5. The van der Waals surface area contributed by atoms with Crippen molar-refractivity contribution in [3.63, 3.8) is 0 Å². The zero-order chi connectivity index (χ0) is 17.0. The molecule has 0 saturated carbocycles. The molecule has 1 amide bonds. The summed E-state index contributed by atoms with van der Waals surface area (Å²) in [5.74, 6) is -0.0923. The summed E-state index contributed by atoms with van der Waals surface area (Å²) in [5.41, 5.74) is 0.457. The van der Waals surface area contributed by atoms with Crippen LogP contribution in [0.5, 0.6) is 0 Å². The molecule has 128 valence electrons. The molecular weight excluding hydrogens is 350 g/mol. The van der Waals surface area contributed by atoms with Crippen LogP contribution in [0.4, 0.5) is 5.69 Å². The van der Waals surface area contributed by atoms with Crippen molar-refractivity contribution in [2.75, 3.05) is 24.2 Å². The lowest BCUT2D eigenvalue weighted by Gasteiger charge is -2.16. The Morgan fingerprint density at radius 3 is 2.83 bits per heavy atom. The van der Waals surface area contributed by atoms with Gasteiger partial charge < -0.3 is 5.32 Å². The third-order valence-corrected chi connectivity index (χ3v) is 6.32. The molecule has 1 aromatic heterocycles. The zero-order valence-electron chi connectivity index (χ0n) is 12.8. The van der Waals surface area contributed by atoms with E-state index in [4.69, 9.17) is 0 Å². The molecule has 0 spiro atoms. The highest BCUT2D eigenvalue weighted by Crippen LogP contribution is 2.23. The summed E-state index contributed by atoms with van der Waals surface area (Å²) < 4.78 is 26.6. The number of sulfonamides is 1. The summed E-state index contributed by atoms with van der Waals surface area (Å²) in [6.07, 6.45) is 3.13. The summed E-state index contributed by atoms with van der Waals surface area (Å²) in [4.78, 5) is 16.1. The van der Waals surface area contributed by atoms with Crippen LogP contribution in [0.3, 0.4) is 0 Å². The maximum atomic E-state index is 12.5. The predicted octanol–water partition coefficient (Wildman–Crippen LogP) is 1.32. The number of aromatic nitrogens is 3. The van der Waals surface area contributed by atoms with Crippen molar-refractivity contribution in [1.82, 2.24) is 19.5 Å². The number of rotatable bonds is 6. The molecule has 1 fully saturated rings. The second-order valence-corrected chi connectivity index (χ2v) is 8.17. The van der Waals surface area contributed by atoms with E-state index in [1.54, 1.807) is 18.2 Å². The van der Waals surface area contributed by atoms with Crippen molar-refractivity contribution in [1.29, 1.82) is 0 Å². The highest BCUT2D eigenvalue weighted by Gasteiger charge is 2.27. The molecule has 2 heterocycles. The highest BCUT2D eigenvalue weighted by molar-refractivity contribution is 7.99. The molecule has 1 aromatic carbocycles. The largest absolute Gasteiger partial charge is 0.325 e. The van der Waals surface area contributed by atoms with Gasteiger partial charge in [-0.15, -0.1) is 0 Å². The second-order valence-electron chi connectivity index (χ2n) is 5.27. The number of nitrogens with zero attached hydrogens (tertiary/aromatic N) is 3. The normalized spacial score (nSPS) is 15.5. The van der Waals surface area contributed by atoms with E-state index in [2.05, 4.69) is 20.5 Å². The number of anilines is 1. The van der Waals surface area contributed by atoms with E-state index >= 15 is 0 Å². The molecule has 1 aliphatic rings. The van der Waals surface area contributed by atoms with Crippen molar-refractivity contribution >= 4 is 33.4 Å². The average Bonchev–Trinajstić information content (AvgIpc) is 3.27. The minimum absolute atomic E-state index is 0.151. The van der Waals surface area contributed by atoms with Gasteiger partial charge in [0.05, 0.1) is 10.6 Å². The molecule has 8 nitrogen and oxygen atoms in total. The minimum atomic E-state index is -3.49. The van der Waals surface area contributed by atoms with E-state index in [-0.39, 0.29) is 16.6 Å². The Morgan fingerprint density at radius 2 is 2.12 bits per heavy atom. The highest BCUT2D eigenvalue weighted by atomic mass is 32.2. The third kappa shape index (κ3) is 3.94. The van der Waals surface area contributed by atoms with Crippen molar-refractivity contribution in [2.24, 2.45) is 0 Å². The number of aromatic amines is 1. The lowest BCUT2D eigenvalue weighted by atomic mass is 10.3. The Kier molecular flexibility index (Phi) is 5.17. The Morgan fingerprint density at radius 1 is 1.33 bits per heavy atom. The first-order valence-corrected chi connectivity index (χ1v) is 9.86. The Bertz CT molecular complexity index is 802. The standard InChI is InChI=1S/C14H17N5O3S2/c20-13(9-23-14-15-10-16-18-14)17-11-4-3-5-12(8-11)24(21,22)19-6-1-2-7-19/h3-5,8,10H,1-2,6-7,9H2,(H,17,20)(H,15,16,18). The lowest BCUT2D eigenvalue weighted by Crippen LogP contribution is -2.28. The van der Waals surface area contributed by atoms with Gasteiger partial charge in [-0.3, -0.25) is 9.89 Å². The number of H-pyrrole nitrogens is 1. The molecular formula is C14H17N5O3S2. The van der Waals surface area contributed by atoms with Gasteiger partial charge >= 0.3 is 0 Å². The van der Waals surface area contributed by atoms with Crippen LogP contribution >= 0.6 is 11.8 Å². The summed E-state index contributed by atoms with van der Waals surface area (Å²) in [5, 5.41) is 9.61. The summed E-state index contributed by atoms with van der Waals surface area (Å²) in [6.45, 7) is 1.10. The van der Waals surface area contributed by atoms with Gasteiger partial charge in [-0.2, -0.15) is 9.40 Å². The second kappa shape index (κ2) is 7.32. The van der Waals surface area contributed by atoms with Crippen LogP contribution in [0.15, 0.2) is 40.6 Å². The van der Waals surface area contributed by atoms with E-state index in [1.807, 2.05) is 0 Å². The average molecular weight is 367 g/mol. The van der Waals surface area contributed by atoms with Crippen LogP contribution in [-0.4, -0.2) is 52.7 Å². The SMILES string of the molecule is O=C(CSc1ncn[nH]1)Nc1cccc(S(=O)(=O)N2CCCC2)c1. The number of thioether (sulfide) groups is 1. The van der Waals surface area contributed by atoms with Gasteiger partial charge in [0.15, 0.2) is 5.16 Å². The van der Waals surface area contributed by atoms with Gasteiger partial charge in [-0.05, 0) is 31.0 Å². The molecule has 1 aliphatic heterocycles. The Labute approximate surface area is 144 Å². The van der Waals surface area contributed by atoms with Gasteiger partial charge in [0, 0.05) is 18.8 Å². The molecule has 24 heavy (non-hydrogen) atoms. The summed E-state index contributed by atoms with van der Waals surface area (Å²) in [7, 11) is -3.49. The van der Waals surface area contributed by atoms with Crippen LogP contribution in [0.2, 0.25) is 0 Å². The Balaban J connectivity index is 1.65. The third-order valence-electron chi connectivity index (χ3n) is 3.55. The molecule has 3 rings (SSSR count). The first-order valence-electron chi connectivity index (χ1n) is 7.44. The predicted molar refractivity (Wildman–Crippen MR) is 90.2 cm³/mol. The molecule has 0 unspecified atom stereocenters. The number of benzene rings is 1. The zero-order valence-corrected chi connectivity index (χ0v) is 14.4. The fourth-order valence-corrected chi connectivity index (χ4v) is 4.55. The first kappa shape index (κ1) is 16.9. The summed E-state index contributed by atoms with van der Waals surface area (Å²) in [6, 6.07) is 6.33. The van der Waals surface area contributed by atoms with Crippen LogP contribution in [0.25, 0.3) is 0 Å². The first-order chi connectivity index (χ1) is 11.6. The van der Waals surface area contributed by atoms with Crippen molar-refractivity contribution in [3.8, 4) is 0 Å². The van der Waals surface area contributed by atoms with Crippen molar-refractivity contribution in [2.45, 2.75) is 22.9 Å². The molecule has 1 saturated heterocycles. The van der Waals surface area contributed by atoms with E-state index in [9.17, 15) is 13.2 Å². The van der Waals surface area contributed by atoms with Crippen molar-refractivity contribution < 1.29 is 13.2 Å². The van der Waals surface area contributed by atoms with Gasteiger partial charge in [-0.1, -0.05) is 17.8 Å². The molecule has 0 bridgehead atoms. The van der Waals surface area contributed by atoms with Crippen LogP contribution in [0, 0.1) is 0 Å². The molecule has 0 radical (unpaired) electrons. The van der Waals surface area contributed by atoms with Gasteiger partial charge in [0.25, 0.3) is 0 Å². The monoisotopic (exact) mass is 367 g/mol. The van der Waals surface area contributed by atoms with Gasteiger partial charge in [0.1, 0.15) is 6.33 Å².